The summed E-state index contributed by atoms with van der Waals surface area (Å²) in [6, 6.07) is 0. The molecule has 0 atom stereocenters. The number of nitrogens with zero attached hydrogens (tertiary/aromatic N) is 2. The third-order valence-electron chi connectivity index (χ3n) is 2.69. The van der Waals surface area contributed by atoms with Gasteiger partial charge in [0.2, 0.25) is 12.2 Å². The van der Waals surface area contributed by atoms with E-state index >= 15 is 0 Å². The maximum atomic E-state index is 11.2. The van der Waals surface area contributed by atoms with E-state index in [1.165, 1.54) is 12.2 Å². The number of carboxylic acid groups (broad SMARTS) is 2. The number of aliphatic imine (C=N–C) groups is 2. The molecular weight excluding hydrogens is 256 g/mol. The summed E-state index contributed by atoms with van der Waals surface area (Å²) in [5.41, 5.74) is -1.95. The van der Waals surface area contributed by atoms with Gasteiger partial charge in [0.05, 0.1) is 13.1 Å². The van der Waals surface area contributed by atoms with Gasteiger partial charge in [-0.15, -0.1) is 0 Å². The van der Waals surface area contributed by atoms with Gasteiger partial charge in [-0.25, -0.2) is 19.6 Å². The number of carbonyl (C=O) groups is 2. The Morgan fingerprint density at radius 2 is 1.26 bits per heavy atom. The first-order valence-electron chi connectivity index (χ1n) is 5.55. The Bertz CT molecular complexity index is 381. The smallest absolute Gasteiger partial charge is 0.321 e. The summed E-state index contributed by atoms with van der Waals surface area (Å²) in [4.78, 5) is 48.6. The molecule has 8 heteroatoms. The van der Waals surface area contributed by atoms with Crippen molar-refractivity contribution in [3.05, 3.63) is 0 Å². The predicted octanol–water partition coefficient (Wildman–Crippen LogP) is 0.374. The van der Waals surface area contributed by atoms with Gasteiger partial charge in [-0.05, 0) is 25.7 Å². The molecule has 0 spiro atoms. The van der Waals surface area contributed by atoms with Gasteiger partial charge in [0.25, 0.3) is 0 Å². The normalized spacial score (nSPS) is 10.1. The molecule has 0 aromatic rings. The van der Waals surface area contributed by atoms with Gasteiger partial charge in [-0.2, -0.15) is 0 Å². The van der Waals surface area contributed by atoms with Crippen LogP contribution < -0.4 is 0 Å². The minimum atomic E-state index is -1.95. The van der Waals surface area contributed by atoms with Crippen LogP contribution in [0.5, 0.6) is 0 Å². The molecular formula is C11H14N2O6. The van der Waals surface area contributed by atoms with E-state index in [1.807, 2.05) is 0 Å². The van der Waals surface area contributed by atoms with E-state index in [9.17, 15) is 19.2 Å². The highest BCUT2D eigenvalue weighted by Gasteiger charge is 2.45. The van der Waals surface area contributed by atoms with Gasteiger partial charge in [0.15, 0.2) is 5.41 Å². The standard InChI is InChI=1S/C11H14N2O6/c14-7-12-5-1-3-11(9(16)17,10(18)19)4-2-6-13-8-15/h1-6H2,(H,16,17)(H,18,19). The number of rotatable bonds is 10. The maximum absolute atomic E-state index is 11.2. The lowest BCUT2D eigenvalue weighted by Crippen LogP contribution is -2.39. The fraction of sp³-hybridized carbons (Fsp3) is 0.636. The van der Waals surface area contributed by atoms with Gasteiger partial charge in [0.1, 0.15) is 0 Å². The highest BCUT2D eigenvalue weighted by Crippen LogP contribution is 2.31. The van der Waals surface area contributed by atoms with E-state index in [1.54, 1.807) is 0 Å². The number of carboxylic acids is 2. The summed E-state index contributed by atoms with van der Waals surface area (Å²) >= 11 is 0. The molecule has 0 fully saturated rings. The van der Waals surface area contributed by atoms with E-state index in [0.717, 1.165) is 0 Å². The molecule has 0 unspecified atom stereocenters. The second-order valence-electron chi connectivity index (χ2n) is 3.85. The maximum Gasteiger partial charge on any atom is 0.321 e. The summed E-state index contributed by atoms with van der Waals surface area (Å²) in [6.45, 7) is 0.0522. The van der Waals surface area contributed by atoms with Crippen molar-refractivity contribution in [2.24, 2.45) is 15.4 Å². The number of aliphatic carboxylic acids is 2. The van der Waals surface area contributed by atoms with Gasteiger partial charge in [0, 0.05) is 0 Å². The Balaban J connectivity index is 4.76. The topological polar surface area (TPSA) is 133 Å². The van der Waals surface area contributed by atoms with Crippen LogP contribution >= 0.6 is 0 Å². The molecule has 0 aliphatic heterocycles. The average Bonchev–Trinajstić information content (AvgIpc) is 2.36. The van der Waals surface area contributed by atoms with E-state index in [2.05, 4.69) is 9.98 Å². The van der Waals surface area contributed by atoms with Crippen LogP contribution in [-0.4, -0.2) is 47.4 Å². The van der Waals surface area contributed by atoms with Gasteiger partial charge < -0.3 is 10.2 Å². The van der Waals surface area contributed by atoms with Crippen molar-refractivity contribution < 1.29 is 29.4 Å². The molecule has 0 aromatic carbocycles. The van der Waals surface area contributed by atoms with Crippen LogP contribution in [0.4, 0.5) is 0 Å². The fourth-order valence-corrected chi connectivity index (χ4v) is 1.66. The molecule has 0 aliphatic rings. The van der Waals surface area contributed by atoms with Crippen molar-refractivity contribution >= 4 is 24.1 Å². The van der Waals surface area contributed by atoms with E-state index in [-0.39, 0.29) is 38.8 Å². The molecule has 0 radical (unpaired) electrons. The van der Waals surface area contributed by atoms with Crippen molar-refractivity contribution in [3.63, 3.8) is 0 Å². The largest absolute Gasteiger partial charge is 0.480 e. The van der Waals surface area contributed by atoms with Crippen LogP contribution in [0, 0.1) is 5.41 Å². The predicted molar refractivity (Wildman–Crippen MR) is 62.1 cm³/mol. The molecule has 0 saturated carbocycles. The SMILES string of the molecule is O=C=NCCCC(CCCN=C=O)(C(=O)O)C(=O)O. The van der Waals surface area contributed by atoms with Crippen LogP contribution in [0.2, 0.25) is 0 Å². The molecule has 2 N–H and O–H groups in total. The molecule has 8 nitrogen and oxygen atoms in total. The quantitative estimate of drug-likeness (QED) is 0.255. The first-order valence-corrected chi connectivity index (χ1v) is 5.55. The lowest BCUT2D eigenvalue weighted by atomic mass is 9.79. The van der Waals surface area contributed by atoms with Crippen LogP contribution in [-0.2, 0) is 19.2 Å². The third-order valence-corrected chi connectivity index (χ3v) is 2.69. The molecule has 0 amide bonds. The number of hydrogen-bond acceptors (Lipinski definition) is 6. The lowest BCUT2D eigenvalue weighted by Gasteiger charge is -2.24. The Hall–Kier alpha value is -2.30. The van der Waals surface area contributed by atoms with Crippen LogP contribution in [0.15, 0.2) is 9.98 Å². The molecule has 0 heterocycles. The molecule has 0 aromatic heterocycles. The Morgan fingerprint density at radius 1 is 0.895 bits per heavy atom. The second-order valence-corrected chi connectivity index (χ2v) is 3.85. The lowest BCUT2D eigenvalue weighted by molar-refractivity contribution is -0.166. The fourth-order valence-electron chi connectivity index (χ4n) is 1.66. The molecule has 0 saturated heterocycles. The molecule has 104 valence electrons. The first-order chi connectivity index (χ1) is 9.01. The molecule has 0 bridgehead atoms. The molecule has 19 heavy (non-hydrogen) atoms. The van der Waals surface area contributed by atoms with Gasteiger partial charge in [-0.3, -0.25) is 9.59 Å². The summed E-state index contributed by atoms with van der Waals surface area (Å²) in [7, 11) is 0. The van der Waals surface area contributed by atoms with Gasteiger partial charge >= 0.3 is 11.9 Å². The summed E-state index contributed by atoms with van der Waals surface area (Å²) < 4.78 is 0. The highest BCUT2D eigenvalue weighted by molar-refractivity contribution is 5.98. The zero-order valence-corrected chi connectivity index (χ0v) is 10.2. The second kappa shape index (κ2) is 8.74. The van der Waals surface area contributed by atoms with Crippen molar-refractivity contribution in [1.82, 2.24) is 0 Å². The third kappa shape index (κ3) is 5.25. The number of isocyanates is 2. The van der Waals surface area contributed by atoms with Crippen LogP contribution in [0.1, 0.15) is 25.7 Å². The van der Waals surface area contributed by atoms with E-state index in [4.69, 9.17) is 10.2 Å². The summed E-state index contributed by atoms with van der Waals surface area (Å²) in [6.07, 6.45) is 2.56. The van der Waals surface area contributed by atoms with Crippen molar-refractivity contribution in [1.29, 1.82) is 0 Å². The first kappa shape index (κ1) is 16.7. The summed E-state index contributed by atoms with van der Waals surface area (Å²) in [5, 5.41) is 18.2. The zero-order valence-electron chi connectivity index (χ0n) is 10.2. The average molecular weight is 270 g/mol. The van der Waals surface area contributed by atoms with Crippen molar-refractivity contribution in [2.45, 2.75) is 25.7 Å². The van der Waals surface area contributed by atoms with Crippen molar-refractivity contribution in [2.75, 3.05) is 13.1 Å². The Morgan fingerprint density at radius 3 is 1.53 bits per heavy atom. The minimum absolute atomic E-state index is 0.0261. The minimum Gasteiger partial charge on any atom is -0.480 e. The van der Waals surface area contributed by atoms with Crippen LogP contribution in [0.25, 0.3) is 0 Å². The Kier molecular flexibility index (Phi) is 7.68. The van der Waals surface area contributed by atoms with Crippen molar-refractivity contribution in [3.8, 4) is 0 Å². The van der Waals surface area contributed by atoms with Gasteiger partial charge in [-0.1, -0.05) is 0 Å². The number of carbonyl (C=O) groups excluding carboxylic acids is 2. The Labute approximate surface area is 108 Å². The highest BCUT2D eigenvalue weighted by atomic mass is 16.4. The van der Waals surface area contributed by atoms with E-state index < -0.39 is 17.4 Å². The zero-order chi connectivity index (χ0) is 14.7. The molecule has 0 rings (SSSR count). The molecule has 0 aliphatic carbocycles. The number of hydrogen-bond donors (Lipinski definition) is 2. The van der Waals surface area contributed by atoms with Crippen LogP contribution in [0.3, 0.4) is 0 Å². The van der Waals surface area contributed by atoms with E-state index in [0.29, 0.717) is 0 Å². The monoisotopic (exact) mass is 270 g/mol. The summed E-state index contributed by atoms with van der Waals surface area (Å²) in [5.74, 6) is -2.91.